The molecular formula is C21H19N5O2S. The molecule has 2 aromatic heterocycles. The van der Waals surface area contributed by atoms with Crippen molar-refractivity contribution >= 4 is 38.1 Å². The largest absolute Gasteiger partial charge is 0.340 e. The summed E-state index contributed by atoms with van der Waals surface area (Å²) in [6.45, 7) is 2.03. The van der Waals surface area contributed by atoms with Crippen molar-refractivity contribution in [2.75, 3.05) is 16.3 Å². The Labute approximate surface area is 168 Å². The number of hydrogen-bond acceptors (Lipinski definition) is 6. The zero-order valence-corrected chi connectivity index (χ0v) is 16.7. The van der Waals surface area contributed by atoms with Gasteiger partial charge in [0.05, 0.1) is 23.7 Å². The Kier molecular flexibility index (Phi) is 4.85. The average molecular weight is 405 g/mol. The van der Waals surface area contributed by atoms with Gasteiger partial charge >= 0.3 is 0 Å². The fraction of sp³-hybridized carbons (Fsp3) is 0.0952. The van der Waals surface area contributed by atoms with E-state index in [9.17, 15) is 8.42 Å². The lowest BCUT2D eigenvalue weighted by atomic mass is 10.0. The lowest BCUT2D eigenvalue weighted by molar-refractivity contribution is 0.607. The Hall–Kier alpha value is -3.52. The normalized spacial score (nSPS) is 11.4. The van der Waals surface area contributed by atoms with Crippen LogP contribution in [0.5, 0.6) is 0 Å². The number of aromatic nitrogens is 3. The highest BCUT2D eigenvalue weighted by Crippen LogP contribution is 2.29. The standard InChI is InChI=1S/C21H19N5O2S/c1-14-4-3-5-17(8-14)25-21-19-10-15(6-7-20(19)23-13-24-21)16-9-18(12-22-11-16)26-29(2,27)28/h3-13,26H,1-2H3,(H,23,24,25). The van der Waals surface area contributed by atoms with E-state index in [-0.39, 0.29) is 0 Å². The highest BCUT2D eigenvalue weighted by Gasteiger charge is 2.09. The number of fused-ring (bicyclic) bond motifs is 1. The molecule has 7 nitrogen and oxygen atoms in total. The third-order valence-corrected chi connectivity index (χ3v) is 4.90. The van der Waals surface area contributed by atoms with Crippen molar-refractivity contribution < 1.29 is 8.42 Å². The second-order valence-corrected chi connectivity index (χ2v) is 8.53. The van der Waals surface area contributed by atoms with E-state index in [0.29, 0.717) is 11.5 Å². The van der Waals surface area contributed by atoms with Crippen LogP contribution in [0.3, 0.4) is 0 Å². The van der Waals surface area contributed by atoms with Crippen LogP contribution >= 0.6 is 0 Å². The summed E-state index contributed by atoms with van der Waals surface area (Å²) in [6, 6.07) is 15.6. The predicted molar refractivity (Wildman–Crippen MR) is 116 cm³/mol. The topological polar surface area (TPSA) is 96.9 Å². The third kappa shape index (κ3) is 4.49. The number of aryl methyl sites for hydroxylation is 1. The summed E-state index contributed by atoms with van der Waals surface area (Å²) in [5, 5.41) is 4.21. The molecule has 2 heterocycles. The highest BCUT2D eigenvalue weighted by molar-refractivity contribution is 7.92. The molecule has 0 amide bonds. The molecule has 0 fully saturated rings. The van der Waals surface area contributed by atoms with E-state index in [1.807, 2.05) is 49.4 Å². The van der Waals surface area contributed by atoms with Crippen molar-refractivity contribution in [2.24, 2.45) is 0 Å². The van der Waals surface area contributed by atoms with Crippen LogP contribution in [-0.4, -0.2) is 29.6 Å². The zero-order valence-electron chi connectivity index (χ0n) is 15.9. The first-order valence-corrected chi connectivity index (χ1v) is 10.8. The lowest BCUT2D eigenvalue weighted by Gasteiger charge is -2.11. The van der Waals surface area contributed by atoms with Gasteiger partial charge in [-0.2, -0.15) is 0 Å². The molecule has 0 aliphatic heterocycles. The van der Waals surface area contributed by atoms with Crippen molar-refractivity contribution in [3.05, 3.63) is 72.8 Å². The Bertz CT molecular complexity index is 1310. The SMILES string of the molecule is Cc1cccc(Nc2ncnc3ccc(-c4cncc(NS(C)(=O)=O)c4)cc23)c1. The van der Waals surface area contributed by atoms with E-state index in [0.717, 1.165) is 39.5 Å². The van der Waals surface area contributed by atoms with Gasteiger partial charge in [-0.1, -0.05) is 18.2 Å². The van der Waals surface area contributed by atoms with E-state index in [2.05, 4.69) is 25.0 Å². The van der Waals surface area contributed by atoms with E-state index in [1.54, 1.807) is 12.3 Å². The summed E-state index contributed by atoms with van der Waals surface area (Å²) in [5.41, 5.74) is 4.96. The third-order valence-electron chi connectivity index (χ3n) is 4.29. The first-order chi connectivity index (χ1) is 13.9. The van der Waals surface area contributed by atoms with E-state index in [1.165, 1.54) is 12.5 Å². The van der Waals surface area contributed by atoms with Gasteiger partial charge in [0.25, 0.3) is 0 Å². The number of nitrogens with zero attached hydrogens (tertiary/aromatic N) is 3. The van der Waals surface area contributed by atoms with Gasteiger partial charge in [0.2, 0.25) is 10.0 Å². The number of sulfonamides is 1. The van der Waals surface area contributed by atoms with Gasteiger partial charge in [-0.05, 0) is 48.4 Å². The predicted octanol–water partition coefficient (Wildman–Crippen LogP) is 4.12. The number of benzene rings is 2. The Morgan fingerprint density at radius 3 is 2.55 bits per heavy atom. The molecular weight excluding hydrogens is 386 g/mol. The van der Waals surface area contributed by atoms with Crippen LogP contribution in [0.1, 0.15) is 5.56 Å². The smallest absolute Gasteiger partial charge is 0.229 e. The zero-order chi connectivity index (χ0) is 20.4. The van der Waals surface area contributed by atoms with Crippen molar-refractivity contribution in [2.45, 2.75) is 6.92 Å². The van der Waals surface area contributed by atoms with Gasteiger partial charge in [0.15, 0.2) is 0 Å². The summed E-state index contributed by atoms with van der Waals surface area (Å²) < 4.78 is 25.5. The second kappa shape index (κ2) is 7.48. The maximum absolute atomic E-state index is 11.5. The molecule has 29 heavy (non-hydrogen) atoms. The number of nitrogens with one attached hydrogen (secondary N) is 2. The average Bonchev–Trinajstić information content (AvgIpc) is 2.67. The second-order valence-electron chi connectivity index (χ2n) is 6.79. The minimum atomic E-state index is -3.38. The van der Waals surface area contributed by atoms with Gasteiger partial charge in [0, 0.05) is 22.8 Å². The van der Waals surface area contributed by atoms with Crippen LogP contribution in [0.2, 0.25) is 0 Å². The Balaban J connectivity index is 1.75. The van der Waals surface area contributed by atoms with Crippen molar-refractivity contribution in [3.63, 3.8) is 0 Å². The van der Waals surface area contributed by atoms with Crippen molar-refractivity contribution in [3.8, 4) is 11.1 Å². The Morgan fingerprint density at radius 1 is 0.897 bits per heavy atom. The number of anilines is 3. The summed E-state index contributed by atoms with van der Waals surface area (Å²) in [7, 11) is -3.38. The van der Waals surface area contributed by atoms with Crippen LogP contribution in [0.4, 0.5) is 17.2 Å². The molecule has 0 atom stereocenters. The van der Waals surface area contributed by atoms with Crippen LogP contribution in [0, 0.1) is 6.92 Å². The molecule has 0 unspecified atom stereocenters. The molecule has 8 heteroatoms. The van der Waals surface area contributed by atoms with E-state index in [4.69, 9.17) is 0 Å². The Morgan fingerprint density at radius 2 is 1.76 bits per heavy atom. The molecule has 0 bridgehead atoms. The summed E-state index contributed by atoms with van der Waals surface area (Å²) in [6.07, 6.45) is 5.79. The molecule has 0 aliphatic rings. The number of rotatable bonds is 5. The van der Waals surface area contributed by atoms with E-state index >= 15 is 0 Å². The molecule has 0 saturated heterocycles. The number of hydrogen-bond donors (Lipinski definition) is 2. The molecule has 4 aromatic rings. The maximum Gasteiger partial charge on any atom is 0.229 e. The highest BCUT2D eigenvalue weighted by atomic mass is 32.2. The van der Waals surface area contributed by atoms with Gasteiger partial charge in [0.1, 0.15) is 12.1 Å². The van der Waals surface area contributed by atoms with Gasteiger partial charge < -0.3 is 5.32 Å². The molecule has 146 valence electrons. The molecule has 2 aromatic carbocycles. The summed E-state index contributed by atoms with van der Waals surface area (Å²) in [5.74, 6) is 0.695. The van der Waals surface area contributed by atoms with Crippen LogP contribution < -0.4 is 10.0 Å². The quantitative estimate of drug-likeness (QED) is 0.518. The van der Waals surface area contributed by atoms with Crippen LogP contribution in [0.15, 0.2) is 67.3 Å². The van der Waals surface area contributed by atoms with Crippen LogP contribution in [0.25, 0.3) is 22.0 Å². The molecule has 0 spiro atoms. The maximum atomic E-state index is 11.5. The molecule has 0 radical (unpaired) electrons. The van der Waals surface area contributed by atoms with Crippen molar-refractivity contribution in [1.29, 1.82) is 0 Å². The van der Waals surface area contributed by atoms with Gasteiger partial charge in [-0.25, -0.2) is 18.4 Å². The molecule has 0 aliphatic carbocycles. The van der Waals surface area contributed by atoms with E-state index < -0.39 is 10.0 Å². The fourth-order valence-electron chi connectivity index (χ4n) is 3.06. The first kappa shape index (κ1) is 18.8. The van der Waals surface area contributed by atoms with Crippen molar-refractivity contribution in [1.82, 2.24) is 15.0 Å². The molecule has 4 rings (SSSR count). The van der Waals surface area contributed by atoms with Gasteiger partial charge in [-0.3, -0.25) is 9.71 Å². The summed E-state index contributed by atoms with van der Waals surface area (Å²) >= 11 is 0. The number of pyridine rings is 1. The molecule has 2 N–H and O–H groups in total. The van der Waals surface area contributed by atoms with Crippen LogP contribution in [-0.2, 0) is 10.0 Å². The fourth-order valence-corrected chi connectivity index (χ4v) is 3.60. The first-order valence-electron chi connectivity index (χ1n) is 8.89. The lowest BCUT2D eigenvalue weighted by Crippen LogP contribution is -2.09. The monoisotopic (exact) mass is 405 g/mol. The minimum Gasteiger partial charge on any atom is -0.340 e. The molecule has 0 saturated carbocycles. The minimum absolute atomic E-state index is 0.410. The summed E-state index contributed by atoms with van der Waals surface area (Å²) in [4.78, 5) is 12.9. The van der Waals surface area contributed by atoms with Gasteiger partial charge in [-0.15, -0.1) is 0 Å².